The highest BCUT2D eigenvalue weighted by atomic mass is 16.1. The van der Waals surface area contributed by atoms with Gasteiger partial charge in [0.15, 0.2) is 0 Å². The fourth-order valence-corrected chi connectivity index (χ4v) is 3.19. The summed E-state index contributed by atoms with van der Waals surface area (Å²) in [5.41, 5.74) is 2.69. The van der Waals surface area contributed by atoms with Crippen molar-refractivity contribution >= 4 is 16.7 Å². The summed E-state index contributed by atoms with van der Waals surface area (Å²) < 4.78 is 2.00. The van der Waals surface area contributed by atoms with E-state index in [1.54, 1.807) is 12.5 Å². The number of amides is 1. The number of hydrogen-bond acceptors (Lipinski definition) is 4. The van der Waals surface area contributed by atoms with Gasteiger partial charge in [0, 0.05) is 49.0 Å². The normalized spacial score (nSPS) is 10.9. The maximum absolute atomic E-state index is 12.5. The predicted molar refractivity (Wildman–Crippen MR) is 109 cm³/mol. The molecule has 0 radical (unpaired) electrons. The van der Waals surface area contributed by atoms with Gasteiger partial charge in [-0.15, -0.1) is 0 Å². The summed E-state index contributed by atoms with van der Waals surface area (Å²) in [6.07, 6.45) is 9.97. The highest BCUT2D eigenvalue weighted by Gasteiger charge is 2.09. The average molecular weight is 371 g/mol. The topological polar surface area (TPSA) is 72.7 Å². The predicted octanol–water partition coefficient (Wildman–Crippen LogP) is 3.62. The first-order chi connectivity index (χ1) is 13.7. The number of carbonyl (C=O) groups is 1. The van der Waals surface area contributed by atoms with Gasteiger partial charge in [0.1, 0.15) is 5.82 Å². The Bertz CT molecular complexity index is 1090. The number of carbonyl (C=O) groups excluding carboxylic acids is 1. The molecular weight excluding hydrogens is 350 g/mol. The Morgan fingerprint density at radius 2 is 2.00 bits per heavy atom. The van der Waals surface area contributed by atoms with Crippen molar-refractivity contribution in [1.82, 2.24) is 24.8 Å². The van der Waals surface area contributed by atoms with Gasteiger partial charge in [0.2, 0.25) is 0 Å². The van der Waals surface area contributed by atoms with Gasteiger partial charge in [-0.25, -0.2) is 15.0 Å². The van der Waals surface area contributed by atoms with Crippen LogP contribution in [0.5, 0.6) is 0 Å². The van der Waals surface area contributed by atoms with Crippen molar-refractivity contribution in [3.05, 3.63) is 78.9 Å². The third-order valence-corrected chi connectivity index (χ3v) is 4.67. The van der Waals surface area contributed by atoms with Crippen LogP contribution < -0.4 is 5.32 Å². The second kappa shape index (κ2) is 8.00. The van der Waals surface area contributed by atoms with Gasteiger partial charge >= 0.3 is 0 Å². The molecule has 0 saturated heterocycles. The molecule has 140 valence electrons. The number of aryl methyl sites for hydroxylation is 2. The number of nitrogens with one attached hydrogen (secondary N) is 1. The van der Waals surface area contributed by atoms with Crippen LogP contribution in [0.1, 0.15) is 22.6 Å². The summed E-state index contributed by atoms with van der Waals surface area (Å²) in [6.45, 7) is 3.32. The first-order valence-electron chi connectivity index (χ1n) is 9.26. The summed E-state index contributed by atoms with van der Waals surface area (Å²) in [4.78, 5) is 25.1. The Morgan fingerprint density at radius 1 is 1.14 bits per heavy atom. The van der Waals surface area contributed by atoms with E-state index in [1.165, 1.54) is 0 Å². The van der Waals surface area contributed by atoms with Gasteiger partial charge in [-0.05, 0) is 41.8 Å². The van der Waals surface area contributed by atoms with Crippen molar-refractivity contribution in [2.45, 2.75) is 19.9 Å². The molecule has 6 nitrogen and oxygen atoms in total. The van der Waals surface area contributed by atoms with Gasteiger partial charge in [-0.3, -0.25) is 4.79 Å². The zero-order chi connectivity index (χ0) is 19.3. The minimum atomic E-state index is -0.0587. The number of aromatic nitrogens is 4. The Kier molecular flexibility index (Phi) is 5.10. The maximum atomic E-state index is 12.5. The van der Waals surface area contributed by atoms with Crippen LogP contribution in [0.2, 0.25) is 0 Å². The number of rotatable bonds is 6. The molecule has 0 aliphatic carbocycles. The van der Waals surface area contributed by atoms with Crippen LogP contribution in [0.4, 0.5) is 0 Å². The Labute approximate surface area is 163 Å². The molecule has 0 fully saturated rings. The van der Waals surface area contributed by atoms with Crippen LogP contribution >= 0.6 is 0 Å². The van der Waals surface area contributed by atoms with E-state index in [0.717, 1.165) is 40.7 Å². The highest BCUT2D eigenvalue weighted by Crippen LogP contribution is 2.28. The fourth-order valence-electron chi connectivity index (χ4n) is 3.19. The van der Waals surface area contributed by atoms with Crippen molar-refractivity contribution in [3.8, 4) is 11.1 Å². The average Bonchev–Trinajstić information content (AvgIpc) is 3.24. The molecule has 28 heavy (non-hydrogen) atoms. The quantitative estimate of drug-likeness (QED) is 0.526. The molecule has 0 aliphatic heterocycles. The van der Waals surface area contributed by atoms with Crippen LogP contribution in [0.15, 0.2) is 67.5 Å². The molecule has 2 aromatic heterocycles. The van der Waals surface area contributed by atoms with E-state index >= 15 is 0 Å². The molecule has 6 heteroatoms. The minimum Gasteiger partial charge on any atom is -0.352 e. The van der Waals surface area contributed by atoms with E-state index in [4.69, 9.17) is 0 Å². The minimum absolute atomic E-state index is 0.0587. The van der Waals surface area contributed by atoms with E-state index in [-0.39, 0.29) is 5.91 Å². The summed E-state index contributed by atoms with van der Waals surface area (Å²) in [5, 5.41) is 5.08. The standard InChI is InChI=1S/C22H21N5O/c1-16-25-13-19(14-26-16)20-5-2-4-17-12-18(6-7-21(17)20)22(28)24-8-3-10-27-11-9-23-15-27/h2,4-7,9,11-15H,3,8,10H2,1H3,(H,24,28). The van der Waals surface area contributed by atoms with E-state index in [1.807, 2.05) is 66.5 Å². The molecule has 1 amide bonds. The fraction of sp³-hybridized carbons (Fsp3) is 0.182. The summed E-state index contributed by atoms with van der Waals surface area (Å²) in [5.74, 6) is 0.688. The van der Waals surface area contributed by atoms with Gasteiger partial charge < -0.3 is 9.88 Å². The molecule has 0 saturated carbocycles. The summed E-state index contributed by atoms with van der Waals surface area (Å²) in [7, 11) is 0. The lowest BCUT2D eigenvalue weighted by Gasteiger charge is -2.09. The zero-order valence-corrected chi connectivity index (χ0v) is 15.7. The molecule has 0 atom stereocenters. The highest BCUT2D eigenvalue weighted by molar-refractivity contribution is 6.02. The van der Waals surface area contributed by atoms with E-state index < -0.39 is 0 Å². The van der Waals surface area contributed by atoms with Crippen molar-refractivity contribution in [1.29, 1.82) is 0 Å². The molecule has 0 unspecified atom stereocenters. The molecular formula is C22H21N5O. The maximum Gasteiger partial charge on any atom is 0.251 e. The molecule has 4 aromatic rings. The number of benzene rings is 2. The largest absolute Gasteiger partial charge is 0.352 e. The lowest BCUT2D eigenvalue weighted by molar-refractivity contribution is 0.0953. The molecule has 0 aliphatic rings. The van der Waals surface area contributed by atoms with Crippen LogP contribution in [-0.4, -0.2) is 32.0 Å². The van der Waals surface area contributed by atoms with Crippen molar-refractivity contribution in [3.63, 3.8) is 0 Å². The monoisotopic (exact) mass is 371 g/mol. The third-order valence-electron chi connectivity index (χ3n) is 4.67. The SMILES string of the molecule is Cc1ncc(-c2cccc3cc(C(=O)NCCCn4ccnc4)ccc23)cn1. The number of imidazole rings is 1. The molecule has 0 bridgehead atoms. The third kappa shape index (κ3) is 3.91. The molecule has 4 rings (SSSR count). The molecule has 0 spiro atoms. The second-order valence-electron chi connectivity index (χ2n) is 6.67. The summed E-state index contributed by atoms with van der Waals surface area (Å²) >= 11 is 0. The van der Waals surface area contributed by atoms with Crippen LogP contribution in [0, 0.1) is 6.92 Å². The summed E-state index contributed by atoms with van der Waals surface area (Å²) in [6, 6.07) is 11.8. The van der Waals surface area contributed by atoms with E-state index in [0.29, 0.717) is 12.1 Å². The van der Waals surface area contributed by atoms with E-state index in [9.17, 15) is 4.79 Å². The van der Waals surface area contributed by atoms with Gasteiger partial charge in [-0.2, -0.15) is 0 Å². The van der Waals surface area contributed by atoms with Crippen molar-refractivity contribution in [2.75, 3.05) is 6.54 Å². The lowest BCUT2D eigenvalue weighted by atomic mass is 9.98. The first-order valence-corrected chi connectivity index (χ1v) is 9.26. The Hall–Kier alpha value is -3.54. The van der Waals surface area contributed by atoms with Gasteiger partial charge in [0.05, 0.1) is 6.33 Å². The lowest BCUT2D eigenvalue weighted by Crippen LogP contribution is -2.25. The molecule has 2 heterocycles. The van der Waals surface area contributed by atoms with Crippen LogP contribution in [0.3, 0.4) is 0 Å². The van der Waals surface area contributed by atoms with Gasteiger partial charge in [0.25, 0.3) is 5.91 Å². The molecule has 1 N–H and O–H groups in total. The van der Waals surface area contributed by atoms with Crippen molar-refractivity contribution in [2.24, 2.45) is 0 Å². The van der Waals surface area contributed by atoms with E-state index in [2.05, 4.69) is 20.3 Å². The van der Waals surface area contributed by atoms with Crippen LogP contribution in [0.25, 0.3) is 21.9 Å². The van der Waals surface area contributed by atoms with Crippen molar-refractivity contribution < 1.29 is 4.79 Å². The first kappa shape index (κ1) is 17.9. The number of fused-ring (bicyclic) bond motifs is 1. The van der Waals surface area contributed by atoms with Crippen LogP contribution in [-0.2, 0) is 6.54 Å². The second-order valence-corrected chi connectivity index (χ2v) is 6.67. The Morgan fingerprint density at radius 3 is 2.79 bits per heavy atom. The smallest absolute Gasteiger partial charge is 0.251 e. The number of hydrogen-bond donors (Lipinski definition) is 1. The molecule has 2 aromatic carbocycles. The Balaban J connectivity index is 1.48. The number of nitrogens with zero attached hydrogens (tertiary/aromatic N) is 4. The van der Waals surface area contributed by atoms with Gasteiger partial charge in [-0.1, -0.05) is 24.3 Å². The zero-order valence-electron chi connectivity index (χ0n) is 15.7.